The van der Waals surface area contributed by atoms with Crippen molar-refractivity contribution in [2.45, 2.75) is 36.7 Å². The van der Waals surface area contributed by atoms with Crippen molar-refractivity contribution >= 4 is 15.9 Å². The first-order chi connectivity index (χ1) is 10.9. The standard InChI is InChI=1S/C16H22N2O4S/c1-12-3-5-13(6-4-12)23(20,21)18-8-7-14-15(18)11-16(19)17(14)9-10-22-2/h3-6,14-15H,7-11H2,1-2H3/t14-,15+/m1/s1. The molecule has 1 amide bonds. The smallest absolute Gasteiger partial charge is 0.243 e. The second kappa shape index (κ2) is 6.22. The Morgan fingerprint density at radius 2 is 1.91 bits per heavy atom. The number of carbonyl (C=O) groups excluding carboxylic acids is 1. The largest absolute Gasteiger partial charge is 0.383 e. The summed E-state index contributed by atoms with van der Waals surface area (Å²) in [6.45, 7) is 3.38. The summed E-state index contributed by atoms with van der Waals surface area (Å²) < 4.78 is 32.3. The van der Waals surface area contributed by atoms with Gasteiger partial charge in [-0.2, -0.15) is 4.31 Å². The van der Waals surface area contributed by atoms with Gasteiger partial charge < -0.3 is 9.64 Å². The molecule has 7 heteroatoms. The second-order valence-corrected chi connectivity index (χ2v) is 8.03. The molecule has 0 aliphatic carbocycles. The van der Waals surface area contributed by atoms with Gasteiger partial charge in [-0.3, -0.25) is 4.79 Å². The number of nitrogens with zero attached hydrogens (tertiary/aromatic N) is 2. The maximum atomic E-state index is 12.9. The zero-order chi connectivity index (χ0) is 16.6. The van der Waals surface area contributed by atoms with Crippen LogP contribution in [0.3, 0.4) is 0 Å². The zero-order valence-electron chi connectivity index (χ0n) is 13.4. The molecule has 2 heterocycles. The van der Waals surface area contributed by atoms with Crippen LogP contribution in [0.15, 0.2) is 29.2 Å². The summed E-state index contributed by atoms with van der Waals surface area (Å²) >= 11 is 0. The van der Waals surface area contributed by atoms with Crippen LogP contribution in [0, 0.1) is 6.92 Å². The van der Waals surface area contributed by atoms with Crippen LogP contribution in [-0.4, -0.2) is 62.4 Å². The van der Waals surface area contributed by atoms with Crippen molar-refractivity contribution in [3.63, 3.8) is 0 Å². The van der Waals surface area contributed by atoms with Crippen molar-refractivity contribution in [3.05, 3.63) is 29.8 Å². The molecular formula is C16H22N2O4S. The second-order valence-electron chi connectivity index (χ2n) is 6.14. The van der Waals surface area contributed by atoms with E-state index in [1.54, 1.807) is 36.3 Å². The van der Waals surface area contributed by atoms with Crippen molar-refractivity contribution in [2.75, 3.05) is 26.8 Å². The van der Waals surface area contributed by atoms with Gasteiger partial charge in [-0.05, 0) is 25.5 Å². The first kappa shape index (κ1) is 16.4. The molecule has 0 N–H and O–H groups in total. The summed E-state index contributed by atoms with van der Waals surface area (Å²) in [5, 5.41) is 0. The van der Waals surface area contributed by atoms with Gasteiger partial charge in [0.15, 0.2) is 0 Å². The molecule has 0 saturated carbocycles. The molecular weight excluding hydrogens is 316 g/mol. The average molecular weight is 338 g/mol. The minimum absolute atomic E-state index is 0.0147. The van der Waals surface area contributed by atoms with E-state index in [0.717, 1.165) is 5.56 Å². The molecule has 126 valence electrons. The van der Waals surface area contributed by atoms with Crippen LogP contribution >= 0.6 is 0 Å². The van der Waals surface area contributed by atoms with E-state index in [2.05, 4.69) is 0 Å². The number of methoxy groups -OCH3 is 1. The highest BCUT2D eigenvalue weighted by Gasteiger charge is 2.50. The molecule has 1 aromatic rings. The van der Waals surface area contributed by atoms with Gasteiger partial charge in [0, 0.05) is 26.6 Å². The summed E-state index contributed by atoms with van der Waals surface area (Å²) in [6.07, 6.45) is 0.949. The maximum Gasteiger partial charge on any atom is 0.243 e. The zero-order valence-corrected chi connectivity index (χ0v) is 14.3. The van der Waals surface area contributed by atoms with Crippen molar-refractivity contribution in [1.82, 2.24) is 9.21 Å². The summed E-state index contributed by atoms with van der Waals surface area (Å²) in [4.78, 5) is 14.3. The van der Waals surface area contributed by atoms with Crippen LogP contribution in [0.2, 0.25) is 0 Å². The lowest BCUT2D eigenvalue weighted by Gasteiger charge is -2.25. The molecule has 2 aliphatic heterocycles. The number of fused-ring (bicyclic) bond motifs is 1. The van der Waals surface area contributed by atoms with Crippen LogP contribution < -0.4 is 0 Å². The van der Waals surface area contributed by atoms with Crippen LogP contribution in [0.1, 0.15) is 18.4 Å². The monoisotopic (exact) mass is 338 g/mol. The predicted octanol–water partition coefficient (Wildman–Crippen LogP) is 1.01. The Balaban J connectivity index is 1.83. The van der Waals surface area contributed by atoms with E-state index in [1.165, 1.54) is 4.31 Å². The van der Waals surface area contributed by atoms with E-state index in [-0.39, 0.29) is 24.4 Å². The topological polar surface area (TPSA) is 66.9 Å². The van der Waals surface area contributed by atoms with Crippen molar-refractivity contribution in [2.24, 2.45) is 0 Å². The van der Waals surface area contributed by atoms with Gasteiger partial charge >= 0.3 is 0 Å². The van der Waals surface area contributed by atoms with Crippen LogP contribution in [0.25, 0.3) is 0 Å². The van der Waals surface area contributed by atoms with Gasteiger partial charge in [-0.25, -0.2) is 8.42 Å². The summed E-state index contributed by atoms with van der Waals surface area (Å²) in [6, 6.07) is 6.58. The fourth-order valence-corrected chi connectivity index (χ4v) is 5.18. The third-order valence-corrected chi connectivity index (χ3v) is 6.67. The highest BCUT2D eigenvalue weighted by atomic mass is 32.2. The molecule has 0 aromatic heterocycles. The number of sulfonamides is 1. The Morgan fingerprint density at radius 1 is 1.22 bits per heavy atom. The van der Waals surface area contributed by atoms with E-state index in [4.69, 9.17) is 4.74 Å². The summed E-state index contributed by atoms with van der Waals surface area (Å²) in [5.74, 6) is 0.0147. The normalized spacial score (nSPS) is 25.1. The molecule has 0 unspecified atom stereocenters. The lowest BCUT2D eigenvalue weighted by Crippen LogP contribution is -2.40. The van der Waals surface area contributed by atoms with Gasteiger partial charge in [0.25, 0.3) is 0 Å². The van der Waals surface area contributed by atoms with Crippen molar-refractivity contribution < 1.29 is 17.9 Å². The maximum absolute atomic E-state index is 12.9. The number of aryl methyl sites for hydroxylation is 1. The number of benzene rings is 1. The first-order valence-corrected chi connectivity index (χ1v) is 9.26. The SMILES string of the molecule is COCCN1C(=O)C[C@H]2[C@H]1CCN2S(=O)(=O)c1ccc(C)cc1. The summed E-state index contributed by atoms with van der Waals surface area (Å²) in [5.41, 5.74) is 1.02. The number of rotatable bonds is 5. The first-order valence-electron chi connectivity index (χ1n) is 7.82. The van der Waals surface area contributed by atoms with Crippen LogP contribution in [0.4, 0.5) is 0 Å². The average Bonchev–Trinajstić information content (AvgIpc) is 3.04. The minimum atomic E-state index is -3.55. The Labute approximate surface area is 137 Å². The number of hydrogen-bond acceptors (Lipinski definition) is 4. The van der Waals surface area contributed by atoms with E-state index < -0.39 is 10.0 Å². The van der Waals surface area contributed by atoms with Crippen molar-refractivity contribution in [3.8, 4) is 0 Å². The highest BCUT2D eigenvalue weighted by molar-refractivity contribution is 7.89. The molecule has 2 saturated heterocycles. The quantitative estimate of drug-likeness (QED) is 0.803. The number of carbonyl (C=O) groups is 1. The van der Waals surface area contributed by atoms with Gasteiger partial charge in [0.05, 0.1) is 23.6 Å². The molecule has 1 aromatic carbocycles. The lowest BCUT2D eigenvalue weighted by molar-refractivity contribution is -0.129. The highest BCUT2D eigenvalue weighted by Crippen LogP contribution is 2.35. The Morgan fingerprint density at radius 3 is 2.57 bits per heavy atom. The Hall–Kier alpha value is -1.44. The van der Waals surface area contributed by atoms with Gasteiger partial charge in [0.2, 0.25) is 15.9 Å². The molecule has 0 radical (unpaired) electrons. The molecule has 23 heavy (non-hydrogen) atoms. The van der Waals surface area contributed by atoms with E-state index in [0.29, 0.717) is 31.0 Å². The fourth-order valence-electron chi connectivity index (χ4n) is 3.52. The van der Waals surface area contributed by atoms with E-state index >= 15 is 0 Å². The molecule has 0 spiro atoms. The van der Waals surface area contributed by atoms with Gasteiger partial charge in [-0.15, -0.1) is 0 Å². The molecule has 2 fully saturated rings. The molecule has 0 bridgehead atoms. The molecule has 3 rings (SSSR count). The van der Waals surface area contributed by atoms with Crippen LogP contribution in [0.5, 0.6) is 0 Å². The summed E-state index contributed by atoms with van der Waals surface area (Å²) in [7, 11) is -1.96. The van der Waals surface area contributed by atoms with E-state index in [1.807, 2.05) is 6.92 Å². The van der Waals surface area contributed by atoms with Crippen molar-refractivity contribution in [1.29, 1.82) is 0 Å². The lowest BCUT2D eigenvalue weighted by atomic mass is 10.1. The fraction of sp³-hybridized carbons (Fsp3) is 0.562. The molecule has 2 aliphatic rings. The Bertz CT molecular complexity index is 687. The minimum Gasteiger partial charge on any atom is -0.383 e. The number of hydrogen-bond donors (Lipinski definition) is 0. The van der Waals surface area contributed by atoms with Gasteiger partial charge in [0.1, 0.15) is 0 Å². The number of ether oxygens (including phenoxy) is 1. The van der Waals surface area contributed by atoms with Crippen LogP contribution in [-0.2, 0) is 19.6 Å². The van der Waals surface area contributed by atoms with Gasteiger partial charge in [-0.1, -0.05) is 17.7 Å². The third-order valence-electron chi connectivity index (χ3n) is 4.73. The van der Waals surface area contributed by atoms with E-state index in [9.17, 15) is 13.2 Å². The number of likely N-dealkylation sites (tertiary alicyclic amines) is 1. The number of amides is 1. The molecule has 6 nitrogen and oxygen atoms in total. The predicted molar refractivity (Wildman–Crippen MR) is 85.5 cm³/mol. The Kier molecular flexibility index (Phi) is 4.44. The molecule has 2 atom stereocenters. The third kappa shape index (κ3) is 2.88.